The van der Waals surface area contributed by atoms with Crippen LogP contribution in [0.4, 0.5) is 15.8 Å². The summed E-state index contributed by atoms with van der Waals surface area (Å²) < 4.78 is 46.3. The molecule has 1 amide bonds. The van der Waals surface area contributed by atoms with Crippen molar-refractivity contribution in [3.8, 4) is 5.75 Å². The number of sulfonamides is 1. The van der Waals surface area contributed by atoms with Gasteiger partial charge >= 0.3 is 0 Å². The van der Waals surface area contributed by atoms with Gasteiger partial charge in [0.2, 0.25) is 5.91 Å². The molecule has 0 fully saturated rings. The van der Waals surface area contributed by atoms with Crippen LogP contribution in [0.2, 0.25) is 0 Å². The molecule has 0 heterocycles. The monoisotopic (exact) mass is 442 g/mol. The maximum absolute atomic E-state index is 13.4. The van der Waals surface area contributed by atoms with Crippen molar-refractivity contribution in [2.45, 2.75) is 18.7 Å². The van der Waals surface area contributed by atoms with E-state index in [2.05, 4.69) is 5.32 Å². The van der Waals surface area contributed by atoms with Gasteiger partial charge in [0.25, 0.3) is 10.0 Å². The molecule has 1 N–H and O–H groups in total. The molecule has 0 atom stereocenters. The molecule has 0 bridgehead atoms. The number of anilines is 2. The van der Waals surface area contributed by atoms with Crippen molar-refractivity contribution in [3.05, 3.63) is 84.2 Å². The molecule has 0 spiro atoms. The molecule has 0 aliphatic heterocycles. The first-order valence-corrected chi connectivity index (χ1v) is 11.1. The molecular formula is C23H23FN2O4S. The third-order valence-corrected chi connectivity index (χ3v) is 6.25. The summed E-state index contributed by atoms with van der Waals surface area (Å²) >= 11 is 0. The average Bonchev–Trinajstić information content (AvgIpc) is 2.75. The minimum Gasteiger partial charge on any atom is -0.494 e. The Bertz CT molecular complexity index is 1130. The second kappa shape index (κ2) is 9.61. The summed E-state index contributed by atoms with van der Waals surface area (Å²) in [6.07, 6.45) is 0. The lowest BCUT2D eigenvalue weighted by atomic mass is 10.2. The molecule has 0 aliphatic carbocycles. The summed E-state index contributed by atoms with van der Waals surface area (Å²) in [5.41, 5.74) is 1.60. The second-order valence-electron chi connectivity index (χ2n) is 6.81. The number of hydrogen-bond acceptors (Lipinski definition) is 4. The number of rotatable bonds is 8. The van der Waals surface area contributed by atoms with Gasteiger partial charge < -0.3 is 10.1 Å². The van der Waals surface area contributed by atoms with Gasteiger partial charge in [0.1, 0.15) is 18.1 Å². The van der Waals surface area contributed by atoms with Crippen LogP contribution in [0.5, 0.6) is 5.75 Å². The predicted molar refractivity (Wildman–Crippen MR) is 118 cm³/mol. The number of aryl methyl sites for hydroxylation is 1. The first-order chi connectivity index (χ1) is 14.8. The highest BCUT2D eigenvalue weighted by atomic mass is 32.2. The highest BCUT2D eigenvalue weighted by Gasteiger charge is 2.27. The summed E-state index contributed by atoms with van der Waals surface area (Å²) in [7, 11) is -4.02. The first kappa shape index (κ1) is 22.3. The van der Waals surface area contributed by atoms with Gasteiger partial charge in [-0.15, -0.1) is 0 Å². The van der Waals surface area contributed by atoms with Gasteiger partial charge in [-0.2, -0.15) is 0 Å². The van der Waals surface area contributed by atoms with Crippen LogP contribution in [0.25, 0.3) is 0 Å². The van der Waals surface area contributed by atoms with E-state index in [0.29, 0.717) is 23.7 Å². The third-order valence-electron chi connectivity index (χ3n) is 4.46. The molecule has 8 heteroatoms. The van der Waals surface area contributed by atoms with Crippen LogP contribution < -0.4 is 14.4 Å². The van der Waals surface area contributed by atoms with Gasteiger partial charge in [0.15, 0.2) is 0 Å². The topological polar surface area (TPSA) is 75.7 Å². The number of ether oxygens (including phenoxy) is 1. The molecule has 162 valence electrons. The van der Waals surface area contributed by atoms with Crippen molar-refractivity contribution in [2.24, 2.45) is 0 Å². The number of amides is 1. The smallest absolute Gasteiger partial charge is 0.264 e. The third kappa shape index (κ3) is 5.61. The van der Waals surface area contributed by atoms with Crippen LogP contribution in [-0.4, -0.2) is 27.5 Å². The fraction of sp³-hybridized carbons (Fsp3) is 0.174. The number of hydrogen-bond donors (Lipinski definition) is 1. The molecule has 0 aromatic heterocycles. The minimum absolute atomic E-state index is 0.0709. The van der Waals surface area contributed by atoms with Crippen molar-refractivity contribution in [1.29, 1.82) is 0 Å². The molecule has 3 aromatic rings. The van der Waals surface area contributed by atoms with Crippen LogP contribution in [-0.2, 0) is 14.8 Å². The number of halogens is 1. The quantitative estimate of drug-likeness (QED) is 0.562. The molecule has 3 aromatic carbocycles. The lowest BCUT2D eigenvalue weighted by Crippen LogP contribution is -2.38. The Morgan fingerprint density at radius 1 is 0.968 bits per heavy atom. The summed E-state index contributed by atoms with van der Waals surface area (Å²) in [5.74, 6) is -0.401. The Morgan fingerprint density at radius 3 is 2.16 bits per heavy atom. The Kier molecular flexibility index (Phi) is 6.91. The molecule has 3 rings (SSSR count). The molecule has 31 heavy (non-hydrogen) atoms. The summed E-state index contributed by atoms with van der Waals surface area (Å²) in [4.78, 5) is 12.7. The largest absolute Gasteiger partial charge is 0.494 e. The maximum atomic E-state index is 13.4. The van der Waals surface area contributed by atoms with Crippen LogP contribution >= 0.6 is 0 Å². The SMILES string of the molecule is CCOc1ccc(N(CC(=O)Nc2ccc(F)cc2)S(=O)(=O)c2ccc(C)cc2)cc1. The summed E-state index contributed by atoms with van der Waals surface area (Å²) in [6.45, 7) is 3.73. The van der Waals surface area contributed by atoms with E-state index in [9.17, 15) is 17.6 Å². The van der Waals surface area contributed by atoms with Crippen LogP contribution in [0.15, 0.2) is 77.7 Å². The number of benzene rings is 3. The molecule has 0 aliphatic rings. The normalized spacial score (nSPS) is 11.1. The van der Waals surface area contributed by atoms with Gasteiger partial charge in [-0.05, 0) is 74.5 Å². The average molecular weight is 443 g/mol. The van der Waals surface area contributed by atoms with Gasteiger partial charge in [0, 0.05) is 5.69 Å². The summed E-state index contributed by atoms with van der Waals surface area (Å²) in [6, 6.07) is 18.1. The van der Waals surface area contributed by atoms with Crippen molar-refractivity contribution in [3.63, 3.8) is 0 Å². The molecular weight excluding hydrogens is 419 g/mol. The zero-order valence-electron chi connectivity index (χ0n) is 17.2. The summed E-state index contributed by atoms with van der Waals surface area (Å²) in [5, 5.41) is 2.60. The predicted octanol–water partition coefficient (Wildman–Crippen LogP) is 4.37. The number of carbonyl (C=O) groups is 1. The standard InChI is InChI=1S/C23H23FN2O4S/c1-3-30-21-12-10-20(11-13-21)26(31(28,29)22-14-4-17(2)5-15-22)16-23(27)25-19-8-6-18(24)7-9-19/h4-15H,3,16H2,1-2H3,(H,25,27). The molecule has 0 saturated heterocycles. The number of nitrogens with one attached hydrogen (secondary N) is 1. The molecule has 0 saturated carbocycles. The van der Waals surface area contributed by atoms with Crippen molar-refractivity contribution >= 4 is 27.3 Å². The van der Waals surface area contributed by atoms with Crippen molar-refractivity contribution < 1.29 is 22.3 Å². The lowest BCUT2D eigenvalue weighted by molar-refractivity contribution is -0.114. The maximum Gasteiger partial charge on any atom is 0.264 e. The van der Waals surface area contributed by atoms with E-state index in [1.54, 1.807) is 36.4 Å². The van der Waals surface area contributed by atoms with E-state index < -0.39 is 28.3 Å². The fourth-order valence-electron chi connectivity index (χ4n) is 2.89. The molecule has 0 unspecified atom stereocenters. The number of nitrogens with zero attached hydrogens (tertiary/aromatic N) is 1. The van der Waals surface area contributed by atoms with Crippen molar-refractivity contribution in [2.75, 3.05) is 22.8 Å². The van der Waals surface area contributed by atoms with Gasteiger partial charge in [-0.1, -0.05) is 17.7 Å². The number of carbonyl (C=O) groups excluding carboxylic acids is 1. The second-order valence-corrected chi connectivity index (χ2v) is 8.67. The molecule has 0 radical (unpaired) electrons. The van der Waals surface area contributed by atoms with Crippen LogP contribution in [0.1, 0.15) is 12.5 Å². The van der Waals surface area contributed by atoms with Gasteiger partial charge in [-0.25, -0.2) is 12.8 Å². The van der Waals surface area contributed by atoms with Crippen molar-refractivity contribution in [1.82, 2.24) is 0 Å². The van der Waals surface area contributed by atoms with E-state index in [1.165, 1.54) is 36.4 Å². The minimum atomic E-state index is -4.02. The van der Waals surface area contributed by atoms with E-state index in [4.69, 9.17) is 4.74 Å². The Balaban J connectivity index is 1.92. The van der Waals surface area contributed by atoms with Crippen LogP contribution in [0.3, 0.4) is 0 Å². The van der Waals surface area contributed by atoms with Gasteiger partial charge in [-0.3, -0.25) is 9.10 Å². The van der Waals surface area contributed by atoms with Gasteiger partial charge in [0.05, 0.1) is 17.2 Å². The zero-order valence-corrected chi connectivity index (χ0v) is 18.0. The zero-order chi connectivity index (χ0) is 22.4. The van der Waals surface area contributed by atoms with E-state index in [0.717, 1.165) is 9.87 Å². The Hall–Kier alpha value is -3.39. The van der Waals surface area contributed by atoms with Crippen LogP contribution in [0, 0.1) is 12.7 Å². The lowest BCUT2D eigenvalue weighted by Gasteiger charge is -2.24. The highest BCUT2D eigenvalue weighted by Crippen LogP contribution is 2.26. The molecule has 6 nitrogen and oxygen atoms in total. The van der Waals surface area contributed by atoms with E-state index in [-0.39, 0.29) is 4.90 Å². The van der Waals surface area contributed by atoms with E-state index in [1.807, 2.05) is 13.8 Å². The Labute approximate surface area is 181 Å². The highest BCUT2D eigenvalue weighted by molar-refractivity contribution is 7.92. The Morgan fingerprint density at radius 2 is 1.58 bits per heavy atom. The first-order valence-electron chi connectivity index (χ1n) is 9.67. The fourth-order valence-corrected chi connectivity index (χ4v) is 4.31. The van der Waals surface area contributed by atoms with E-state index >= 15 is 0 Å².